The van der Waals surface area contributed by atoms with E-state index < -0.39 is 17.5 Å². The average Bonchev–Trinajstić information content (AvgIpc) is 2.37. The van der Waals surface area contributed by atoms with Crippen molar-refractivity contribution in [3.63, 3.8) is 0 Å². The molecule has 0 fully saturated rings. The summed E-state index contributed by atoms with van der Waals surface area (Å²) >= 11 is 0. The maximum Gasteiger partial charge on any atom is 0.338 e. The van der Waals surface area contributed by atoms with Gasteiger partial charge in [-0.05, 0) is 32.9 Å². The van der Waals surface area contributed by atoms with Crippen LogP contribution in [0.4, 0.5) is 0 Å². The summed E-state index contributed by atoms with van der Waals surface area (Å²) < 4.78 is 15.1. The number of carbonyl (C=O) groups is 2. The molecule has 0 aliphatic rings. The molecule has 0 aromatic heterocycles. The smallest absolute Gasteiger partial charge is 0.338 e. The van der Waals surface area contributed by atoms with Crippen LogP contribution in [0.15, 0.2) is 30.3 Å². The van der Waals surface area contributed by atoms with Gasteiger partial charge in [0.2, 0.25) is 0 Å². The van der Waals surface area contributed by atoms with Gasteiger partial charge in [-0.25, -0.2) is 9.59 Å². The number of ether oxygens (including phenoxy) is 3. The van der Waals surface area contributed by atoms with Crippen molar-refractivity contribution in [2.75, 3.05) is 19.8 Å². The van der Waals surface area contributed by atoms with Gasteiger partial charge in [0.1, 0.15) is 18.8 Å². The zero-order valence-corrected chi connectivity index (χ0v) is 12.0. The SMILES string of the molecule is CC(C)(C)OC(=O)COCCOC(=O)c1ccccc1. The molecule has 1 rings (SSSR count). The summed E-state index contributed by atoms with van der Waals surface area (Å²) in [6.45, 7) is 5.44. The fourth-order valence-electron chi connectivity index (χ4n) is 1.38. The highest BCUT2D eigenvalue weighted by atomic mass is 16.6. The second kappa shape index (κ2) is 7.65. The van der Waals surface area contributed by atoms with E-state index in [4.69, 9.17) is 14.2 Å². The lowest BCUT2D eigenvalue weighted by molar-refractivity contribution is -0.160. The van der Waals surface area contributed by atoms with Gasteiger partial charge >= 0.3 is 11.9 Å². The van der Waals surface area contributed by atoms with Gasteiger partial charge in [-0.2, -0.15) is 0 Å². The summed E-state index contributed by atoms with van der Waals surface area (Å²) in [6, 6.07) is 8.68. The Balaban J connectivity index is 2.14. The van der Waals surface area contributed by atoms with Crippen LogP contribution < -0.4 is 0 Å². The van der Waals surface area contributed by atoms with Crippen molar-refractivity contribution in [2.24, 2.45) is 0 Å². The zero-order valence-electron chi connectivity index (χ0n) is 12.0. The molecule has 20 heavy (non-hydrogen) atoms. The molecule has 110 valence electrons. The number of hydrogen-bond donors (Lipinski definition) is 0. The fourth-order valence-corrected chi connectivity index (χ4v) is 1.38. The van der Waals surface area contributed by atoms with Gasteiger partial charge in [0.25, 0.3) is 0 Å². The van der Waals surface area contributed by atoms with Crippen molar-refractivity contribution >= 4 is 11.9 Å². The third-order valence-corrected chi connectivity index (χ3v) is 2.11. The molecule has 1 aromatic carbocycles. The van der Waals surface area contributed by atoms with Crippen molar-refractivity contribution in [2.45, 2.75) is 26.4 Å². The largest absolute Gasteiger partial charge is 0.460 e. The van der Waals surface area contributed by atoms with Crippen molar-refractivity contribution < 1.29 is 23.8 Å². The van der Waals surface area contributed by atoms with Crippen molar-refractivity contribution in [1.29, 1.82) is 0 Å². The third kappa shape index (κ3) is 6.89. The monoisotopic (exact) mass is 280 g/mol. The van der Waals surface area contributed by atoms with Crippen molar-refractivity contribution in [3.05, 3.63) is 35.9 Å². The maximum absolute atomic E-state index is 11.6. The molecule has 0 unspecified atom stereocenters. The van der Waals surface area contributed by atoms with E-state index in [2.05, 4.69) is 0 Å². The van der Waals surface area contributed by atoms with Crippen LogP contribution in [0.1, 0.15) is 31.1 Å². The van der Waals surface area contributed by atoms with Crippen LogP contribution in [0.2, 0.25) is 0 Å². The first-order valence-electron chi connectivity index (χ1n) is 6.40. The first-order chi connectivity index (χ1) is 9.38. The molecule has 0 radical (unpaired) electrons. The minimum Gasteiger partial charge on any atom is -0.460 e. The molecule has 0 saturated carbocycles. The summed E-state index contributed by atoms with van der Waals surface area (Å²) in [4.78, 5) is 22.9. The summed E-state index contributed by atoms with van der Waals surface area (Å²) in [5, 5.41) is 0. The lowest BCUT2D eigenvalue weighted by Crippen LogP contribution is -2.27. The Morgan fingerprint density at radius 3 is 2.30 bits per heavy atom. The quantitative estimate of drug-likeness (QED) is 0.590. The predicted molar refractivity (Wildman–Crippen MR) is 73.4 cm³/mol. The van der Waals surface area contributed by atoms with E-state index in [0.29, 0.717) is 5.56 Å². The highest BCUT2D eigenvalue weighted by Gasteiger charge is 2.16. The first kappa shape index (κ1) is 16.2. The fraction of sp³-hybridized carbons (Fsp3) is 0.467. The minimum atomic E-state index is -0.528. The Morgan fingerprint density at radius 2 is 1.70 bits per heavy atom. The normalized spacial score (nSPS) is 10.9. The second-order valence-electron chi connectivity index (χ2n) is 5.14. The Kier molecular flexibility index (Phi) is 6.18. The van der Waals surface area contributed by atoms with E-state index in [-0.39, 0.29) is 19.8 Å². The molecule has 0 amide bonds. The molecular weight excluding hydrogens is 260 g/mol. The van der Waals surface area contributed by atoms with Gasteiger partial charge in [0, 0.05) is 0 Å². The highest BCUT2D eigenvalue weighted by molar-refractivity contribution is 5.89. The number of esters is 2. The summed E-state index contributed by atoms with van der Waals surface area (Å²) in [7, 11) is 0. The molecule has 0 aliphatic carbocycles. The molecule has 0 heterocycles. The van der Waals surface area contributed by atoms with Crippen molar-refractivity contribution in [3.8, 4) is 0 Å². The van der Waals surface area contributed by atoms with Crippen LogP contribution >= 0.6 is 0 Å². The van der Waals surface area contributed by atoms with Gasteiger partial charge in [-0.15, -0.1) is 0 Å². The van der Waals surface area contributed by atoms with Crippen LogP contribution in [-0.2, 0) is 19.0 Å². The van der Waals surface area contributed by atoms with E-state index >= 15 is 0 Å². The van der Waals surface area contributed by atoms with Crippen LogP contribution in [0.25, 0.3) is 0 Å². The molecule has 5 heteroatoms. The number of benzene rings is 1. The highest BCUT2D eigenvalue weighted by Crippen LogP contribution is 2.06. The van der Waals surface area contributed by atoms with Gasteiger partial charge in [0.15, 0.2) is 0 Å². The zero-order chi connectivity index (χ0) is 15.0. The maximum atomic E-state index is 11.6. The summed E-state index contributed by atoms with van der Waals surface area (Å²) in [5.41, 5.74) is -0.0418. The molecule has 0 atom stereocenters. The molecule has 0 N–H and O–H groups in total. The van der Waals surface area contributed by atoms with Gasteiger partial charge in [-0.1, -0.05) is 18.2 Å². The average molecular weight is 280 g/mol. The van der Waals surface area contributed by atoms with E-state index in [1.807, 2.05) is 6.07 Å². The third-order valence-electron chi connectivity index (χ3n) is 2.11. The van der Waals surface area contributed by atoms with Gasteiger partial charge in [0.05, 0.1) is 12.2 Å². The van der Waals surface area contributed by atoms with Crippen LogP contribution in [0, 0.1) is 0 Å². The number of carbonyl (C=O) groups excluding carboxylic acids is 2. The second-order valence-corrected chi connectivity index (χ2v) is 5.14. The van der Waals surface area contributed by atoms with Crippen LogP contribution in [-0.4, -0.2) is 37.4 Å². The molecule has 1 aromatic rings. The Morgan fingerprint density at radius 1 is 1.05 bits per heavy atom. The molecule has 0 saturated heterocycles. The Hall–Kier alpha value is -1.88. The van der Waals surface area contributed by atoms with E-state index in [1.165, 1.54) is 0 Å². The standard InChI is InChI=1S/C15H20O5/c1-15(2,3)20-13(16)11-18-9-10-19-14(17)12-7-5-4-6-8-12/h4-8H,9-11H2,1-3H3. The lowest BCUT2D eigenvalue weighted by Gasteiger charge is -2.19. The van der Waals surface area contributed by atoms with Gasteiger partial charge < -0.3 is 14.2 Å². The molecule has 0 bridgehead atoms. The van der Waals surface area contributed by atoms with Crippen LogP contribution in [0.3, 0.4) is 0 Å². The van der Waals surface area contributed by atoms with E-state index in [1.54, 1.807) is 45.0 Å². The molecule has 0 aliphatic heterocycles. The topological polar surface area (TPSA) is 61.8 Å². The Bertz CT molecular complexity index is 433. The predicted octanol–water partition coefficient (Wildman–Crippen LogP) is 2.20. The molecular formula is C15H20O5. The molecule has 0 spiro atoms. The summed E-state index contributed by atoms with van der Waals surface area (Å²) in [5.74, 6) is -0.849. The van der Waals surface area contributed by atoms with E-state index in [9.17, 15) is 9.59 Å². The number of rotatable bonds is 6. The Labute approximate surface area is 118 Å². The van der Waals surface area contributed by atoms with Gasteiger partial charge in [-0.3, -0.25) is 0 Å². The minimum absolute atomic E-state index is 0.0938. The van der Waals surface area contributed by atoms with Crippen LogP contribution in [0.5, 0.6) is 0 Å². The molecule has 5 nitrogen and oxygen atoms in total. The number of hydrogen-bond acceptors (Lipinski definition) is 5. The van der Waals surface area contributed by atoms with E-state index in [0.717, 1.165) is 0 Å². The summed E-state index contributed by atoms with van der Waals surface area (Å²) in [6.07, 6.45) is 0. The van der Waals surface area contributed by atoms with Crippen molar-refractivity contribution in [1.82, 2.24) is 0 Å². The lowest BCUT2D eigenvalue weighted by atomic mass is 10.2. The first-order valence-corrected chi connectivity index (χ1v) is 6.40.